The molecule has 2 aliphatic heterocycles. The molecule has 90 valence electrons. The van der Waals surface area contributed by atoms with Gasteiger partial charge in [-0.2, -0.15) is 0 Å². The van der Waals surface area contributed by atoms with Crippen LogP contribution in [0.3, 0.4) is 0 Å². The minimum Gasteiger partial charge on any atom is -0.496 e. The number of fused-ring (bicyclic) bond motifs is 3. The van der Waals surface area contributed by atoms with Crippen molar-refractivity contribution in [3.8, 4) is 5.75 Å². The molecule has 1 N–H and O–H groups in total. The van der Waals surface area contributed by atoms with Gasteiger partial charge >= 0.3 is 5.97 Å². The van der Waals surface area contributed by atoms with Gasteiger partial charge in [-0.25, -0.2) is 0 Å². The van der Waals surface area contributed by atoms with Crippen LogP contribution in [0.1, 0.15) is 12.0 Å². The number of rotatable bonds is 2. The van der Waals surface area contributed by atoms with Gasteiger partial charge < -0.3 is 14.7 Å². The average Bonchev–Trinajstić information content (AvgIpc) is 2.86. The fourth-order valence-corrected chi connectivity index (χ4v) is 3.12. The Morgan fingerprint density at radius 2 is 2.35 bits per heavy atom. The second kappa shape index (κ2) is 3.65. The molecule has 1 aromatic rings. The fourth-order valence-electron chi connectivity index (χ4n) is 3.12. The molecule has 4 heteroatoms. The number of methoxy groups -OCH3 is 1. The molecule has 2 unspecified atom stereocenters. The summed E-state index contributed by atoms with van der Waals surface area (Å²) >= 11 is 0. The Labute approximate surface area is 99.8 Å². The Morgan fingerprint density at radius 3 is 3.06 bits per heavy atom. The van der Waals surface area contributed by atoms with E-state index >= 15 is 0 Å². The summed E-state index contributed by atoms with van der Waals surface area (Å²) < 4.78 is 5.34. The van der Waals surface area contributed by atoms with Gasteiger partial charge in [-0.05, 0) is 25.0 Å². The van der Waals surface area contributed by atoms with E-state index in [2.05, 4.69) is 11.0 Å². The molecule has 1 aromatic carbocycles. The maximum Gasteiger partial charge on any atom is 0.308 e. The zero-order valence-electron chi connectivity index (χ0n) is 9.72. The smallest absolute Gasteiger partial charge is 0.308 e. The van der Waals surface area contributed by atoms with Crippen LogP contribution in [0.15, 0.2) is 18.2 Å². The summed E-state index contributed by atoms with van der Waals surface area (Å²) in [5, 5.41) is 9.21. The van der Waals surface area contributed by atoms with Crippen molar-refractivity contribution in [2.75, 3.05) is 18.6 Å². The van der Waals surface area contributed by atoms with E-state index in [-0.39, 0.29) is 12.0 Å². The molecule has 0 amide bonds. The number of benzene rings is 1. The molecule has 2 aliphatic rings. The second-order valence-corrected chi connectivity index (χ2v) is 4.66. The molecule has 0 saturated carbocycles. The van der Waals surface area contributed by atoms with Gasteiger partial charge in [0.15, 0.2) is 0 Å². The lowest BCUT2D eigenvalue weighted by molar-refractivity contribution is -0.141. The third-order valence-electron chi connectivity index (χ3n) is 3.91. The fraction of sp³-hybridized carbons (Fsp3) is 0.462. The monoisotopic (exact) mass is 233 g/mol. The van der Waals surface area contributed by atoms with Crippen LogP contribution in [-0.2, 0) is 11.2 Å². The number of ether oxygens (including phenoxy) is 1. The number of nitrogens with zero attached hydrogens (tertiary/aromatic N) is 1. The molecule has 0 bridgehead atoms. The first kappa shape index (κ1) is 10.4. The lowest BCUT2D eigenvalue weighted by atomic mass is 9.96. The summed E-state index contributed by atoms with van der Waals surface area (Å²) in [6, 6.07) is 6.08. The molecule has 3 rings (SSSR count). The number of carboxylic acids is 1. The summed E-state index contributed by atoms with van der Waals surface area (Å²) in [7, 11) is 1.66. The Balaban J connectivity index is 1.99. The predicted molar refractivity (Wildman–Crippen MR) is 63.6 cm³/mol. The van der Waals surface area contributed by atoms with Gasteiger partial charge in [0.2, 0.25) is 0 Å². The SMILES string of the molecule is COc1cccc2c1CC1C(C(=O)O)CCN21. The average molecular weight is 233 g/mol. The molecule has 0 aromatic heterocycles. The highest BCUT2D eigenvalue weighted by Crippen LogP contribution is 2.44. The van der Waals surface area contributed by atoms with E-state index in [1.807, 2.05) is 12.1 Å². The van der Waals surface area contributed by atoms with Crippen LogP contribution in [0, 0.1) is 5.92 Å². The van der Waals surface area contributed by atoms with Gasteiger partial charge in [0.1, 0.15) is 5.75 Å². The minimum absolute atomic E-state index is 0.110. The summed E-state index contributed by atoms with van der Waals surface area (Å²) in [6.07, 6.45) is 1.53. The number of hydrogen-bond acceptors (Lipinski definition) is 3. The Bertz CT molecular complexity index is 472. The largest absolute Gasteiger partial charge is 0.496 e. The summed E-state index contributed by atoms with van der Waals surface area (Å²) in [5.41, 5.74) is 2.31. The lowest BCUT2D eigenvalue weighted by Gasteiger charge is -2.20. The molecule has 0 radical (unpaired) electrons. The number of hydrogen-bond donors (Lipinski definition) is 1. The number of carbonyl (C=O) groups is 1. The van der Waals surface area contributed by atoms with Crippen molar-refractivity contribution < 1.29 is 14.6 Å². The number of aliphatic carboxylic acids is 1. The summed E-state index contributed by atoms with van der Waals surface area (Å²) in [4.78, 5) is 13.4. The van der Waals surface area contributed by atoms with E-state index < -0.39 is 5.97 Å². The molecule has 2 heterocycles. The first-order valence-electron chi connectivity index (χ1n) is 5.87. The van der Waals surface area contributed by atoms with E-state index in [1.54, 1.807) is 7.11 Å². The zero-order chi connectivity index (χ0) is 12.0. The molecule has 0 aliphatic carbocycles. The van der Waals surface area contributed by atoms with Crippen molar-refractivity contribution in [1.82, 2.24) is 0 Å². The van der Waals surface area contributed by atoms with Gasteiger partial charge in [0.25, 0.3) is 0 Å². The van der Waals surface area contributed by atoms with Gasteiger partial charge in [-0.1, -0.05) is 6.07 Å². The van der Waals surface area contributed by atoms with E-state index in [4.69, 9.17) is 4.74 Å². The maximum absolute atomic E-state index is 11.2. The van der Waals surface area contributed by atoms with Crippen molar-refractivity contribution in [2.45, 2.75) is 18.9 Å². The minimum atomic E-state index is -0.677. The molecule has 2 atom stereocenters. The van der Waals surface area contributed by atoms with Crippen molar-refractivity contribution in [2.24, 2.45) is 5.92 Å². The molecular weight excluding hydrogens is 218 g/mol. The van der Waals surface area contributed by atoms with E-state index in [9.17, 15) is 9.90 Å². The van der Waals surface area contributed by atoms with Crippen LogP contribution in [0.2, 0.25) is 0 Å². The van der Waals surface area contributed by atoms with Gasteiger partial charge in [-0.3, -0.25) is 4.79 Å². The quantitative estimate of drug-likeness (QED) is 0.841. The molecule has 1 fully saturated rings. The van der Waals surface area contributed by atoms with Gasteiger partial charge in [0.05, 0.1) is 13.0 Å². The topological polar surface area (TPSA) is 49.8 Å². The number of anilines is 1. The summed E-state index contributed by atoms with van der Waals surface area (Å²) in [5.74, 6) is -0.0441. The lowest BCUT2D eigenvalue weighted by Crippen LogP contribution is -2.32. The van der Waals surface area contributed by atoms with Crippen molar-refractivity contribution in [3.05, 3.63) is 23.8 Å². The van der Waals surface area contributed by atoms with Crippen LogP contribution >= 0.6 is 0 Å². The molecule has 0 spiro atoms. The van der Waals surface area contributed by atoms with Gasteiger partial charge in [-0.15, -0.1) is 0 Å². The van der Waals surface area contributed by atoms with E-state index in [0.717, 1.165) is 36.4 Å². The van der Waals surface area contributed by atoms with Crippen LogP contribution in [0.5, 0.6) is 5.75 Å². The highest BCUT2D eigenvalue weighted by atomic mass is 16.5. The van der Waals surface area contributed by atoms with E-state index in [1.165, 1.54) is 0 Å². The molecule has 4 nitrogen and oxygen atoms in total. The van der Waals surface area contributed by atoms with Crippen molar-refractivity contribution in [1.29, 1.82) is 0 Å². The Kier molecular flexibility index (Phi) is 2.24. The van der Waals surface area contributed by atoms with E-state index in [0.29, 0.717) is 0 Å². The Morgan fingerprint density at radius 1 is 1.53 bits per heavy atom. The second-order valence-electron chi connectivity index (χ2n) is 4.66. The van der Waals surface area contributed by atoms with Crippen LogP contribution in [0.25, 0.3) is 0 Å². The highest BCUT2D eigenvalue weighted by molar-refractivity contribution is 5.76. The molecule has 17 heavy (non-hydrogen) atoms. The van der Waals surface area contributed by atoms with Gasteiger partial charge in [0, 0.05) is 23.8 Å². The first-order valence-corrected chi connectivity index (χ1v) is 5.87. The molecule has 1 saturated heterocycles. The van der Waals surface area contributed by atoms with Crippen molar-refractivity contribution in [3.63, 3.8) is 0 Å². The Hall–Kier alpha value is -1.71. The maximum atomic E-state index is 11.2. The summed E-state index contributed by atoms with van der Waals surface area (Å²) in [6.45, 7) is 0.835. The third kappa shape index (κ3) is 1.40. The molecular formula is C13H15NO3. The van der Waals surface area contributed by atoms with Crippen LogP contribution in [0.4, 0.5) is 5.69 Å². The highest BCUT2D eigenvalue weighted by Gasteiger charge is 2.44. The first-order chi connectivity index (χ1) is 8.22. The number of carboxylic acid groups (broad SMARTS) is 1. The predicted octanol–water partition coefficient (Wildman–Crippen LogP) is 1.53. The van der Waals surface area contributed by atoms with Crippen LogP contribution in [-0.4, -0.2) is 30.8 Å². The third-order valence-corrected chi connectivity index (χ3v) is 3.91. The standard InChI is InChI=1S/C13H15NO3/c1-17-12-4-2-3-10-9(12)7-11-8(13(15)16)5-6-14(10)11/h2-4,8,11H,5-7H2,1H3,(H,15,16). The van der Waals surface area contributed by atoms with Crippen molar-refractivity contribution >= 4 is 11.7 Å². The zero-order valence-corrected chi connectivity index (χ0v) is 9.72. The van der Waals surface area contributed by atoms with Crippen LogP contribution < -0.4 is 9.64 Å². The normalized spacial score (nSPS) is 25.6.